The average Bonchev–Trinajstić information content (AvgIpc) is 3.26. The van der Waals surface area contributed by atoms with Crippen molar-refractivity contribution in [3.8, 4) is 22.2 Å². The molecule has 206 valence electrons. The van der Waals surface area contributed by atoms with Crippen LogP contribution >= 0.6 is 11.3 Å². The van der Waals surface area contributed by atoms with Crippen LogP contribution in [-0.2, 0) is 15.7 Å². The zero-order valence-electron chi connectivity index (χ0n) is 21.8. The number of anilines is 2. The maximum Gasteiger partial charge on any atom is 0.258 e. The molecule has 4 aromatic rings. The first-order chi connectivity index (χ1) is 18.7. The Balaban J connectivity index is 1.46. The van der Waals surface area contributed by atoms with Crippen LogP contribution in [0.3, 0.4) is 0 Å². The van der Waals surface area contributed by atoms with E-state index in [1.165, 1.54) is 11.3 Å². The molecule has 1 atom stereocenters. The lowest BCUT2D eigenvalue weighted by Crippen LogP contribution is -2.28. The molecule has 39 heavy (non-hydrogen) atoms. The van der Waals surface area contributed by atoms with Crippen molar-refractivity contribution >= 4 is 44.7 Å². The molecule has 0 amide bonds. The lowest BCUT2D eigenvalue weighted by Gasteiger charge is -2.23. The fourth-order valence-electron chi connectivity index (χ4n) is 4.41. The van der Waals surface area contributed by atoms with E-state index in [1.54, 1.807) is 12.3 Å². The first kappa shape index (κ1) is 27.4. The number of fused-ring (bicyclic) bond motifs is 1. The van der Waals surface area contributed by atoms with Gasteiger partial charge in [-0.2, -0.15) is 0 Å². The Hall–Kier alpha value is -3.22. The molecule has 0 spiro atoms. The van der Waals surface area contributed by atoms with Crippen molar-refractivity contribution in [2.75, 3.05) is 29.0 Å². The van der Waals surface area contributed by atoms with Gasteiger partial charge in [0.2, 0.25) is 11.8 Å². The molecule has 3 heterocycles. The summed E-state index contributed by atoms with van der Waals surface area (Å²) in [4.78, 5) is 14.5. The van der Waals surface area contributed by atoms with Crippen molar-refractivity contribution in [2.45, 2.75) is 45.6 Å². The van der Waals surface area contributed by atoms with Gasteiger partial charge >= 0.3 is 0 Å². The summed E-state index contributed by atoms with van der Waals surface area (Å²) < 4.78 is 53.8. The molecule has 5 rings (SSSR count). The molecule has 1 fully saturated rings. The number of nitrogens with one attached hydrogen (secondary N) is 2. The number of benzene rings is 2. The van der Waals surface area contributed by atoms with E-state index in [0.717, 1.165) is 40.6 Å². The number of aryl methyl sites for hydroxylation is 2. The molecule has 1 aliphatic heterocycles. The molecular formula is C27H29F2N5O3S2. The van der Waals surface area contributed by atoms with Gasteiger partial charge in [0.05, 0.1) is 16.4 Å². The predicted molar refractivity (Wildman–Crippen MR) is 151 cm³/mol. The average molecular weight is 574 g/mol. The minimum atomic E-state index is -3.05. The van der Waals surface area contributed by atoms with E-state index in [2.05, 4.69) is 20.0 Å². The quantitative estimate of drug-likeness (QED) is 0.236. The minimum Gasteiger partial charge on any atom is -0.437 e. The summed E-state index contributed by atoms with van der Waals surface area (Å²) >= 11 is 1.47. The van der Waals surface area contributed by atoms with E-state index in [9.17, 15) is 13.0 Å². The van der Waals surface area contributed by atoms with Gasteiger partial charge in [0, 0.05) is 43.1 Å². The van der Waals surface area contributed by atoms with E-state index in [0.29, 0.717) is 47.6 Å². The Labute approximate surface area is 231 Å². The molecule has 1 saturated heterocycles. The zero-order chi connectivity index (χ0) is 27.6. The Bertz CT molecular complexity index is 1500. The summed E-state index contributed by atoms with van der Waals surface area (Å²) in [5, 5.41) is 5.65. The second kappa shape index (κ2) is 11.5. The number of ether oxygens (including phenoxy) is 2. The number of nitrogens with zero attached hydrogens (tertiary/aromatic N) is 3. The first-order valence-electron chi connectivity index (χ1n) is 12.5. The van der Waals surface area contributed by atoms with E-state index < -0.39 is 22.7 Å². The second-order valence-corrected chi connectivity index (χ2v) is 11.9. The Morgan fingerprint density at radius 2 is 1.90 bits per heavy atom. The zero-order valence-corrected chi connectivity index (χ0v) is 23.4. The van der Waals surface area contributed by atoms with Gasteiger partial charge < -0.3 is 19.5 Å². The minimum absolute atomic E-state index is 0.256. The topological polar surface area (TPSA) is 98.3 Å². The molecule has 2 aromatic heterocycles. The number of rotatable bonds is 9. The van der Waals surface area contributed by atoms with Gasteiger partial charge in [-0.05, 0) is 44.4 Å². The molecule has 2 aromatic carbocycles. The standard InChI is InChI=1S/C27H29F2N5O3S2/c1-16-14-22(34-39(35)15-27(3,28)29)19-6-4-5-7-20(19)23(16)37-25-24(38-17(2)31-25)21-8-11-30-26(33-21)32-18-9-12-36-13-10-18/h4-8,11,14,18,34H,9-10,12-13,15H2,1-3H3,(H,30,32,33). The Morgan fingerprint density at radius 1 is 1.15 bits per heavy atom. The molecule has 12 heteroatoms. The highest BCUT2D eigenvalue weighted by Gasteiger charge is 2.26. The van der Waals surface area contributed by atoms with Crippen molar-refractivity contribution < 1.29 is 22.5 Å². The summed E-state index contributed by atoms with van der Waals surface area (Å²) in [6.07, 6.45) is 3.50. The number of halogens is 2. The van der Waals surface area contributed by atoms with Gasteiger partial charge in [0.25, 0.3) is 5.92 Å². The summed E-state index contributed by atoms with van der Waals surface area (Å²) in [6.45, 7) is 5.93. The summed E-state index contributed by atoms with van der Waals surface area (Å²) in [6, 6.07) is 11.2. The van der Waals surface area contributed by atoms with Gasteiger partial charge in [0.15, 0.2) is 0 Å². The SMILES string of the molecule is Cc1nc(Oc2c(C)cc(NS(=O)CC(C)(F)F)c3ccccc23)c(-c2ccnc(NC3CCOCC3)n2)s1. The van der Waals surface area contributed by atoms with Crippen LogP contribution in [-0.4, -0.2) is 50.1 Å². The van der Waals surface area contributed by atoms with E-state index >= 15 is 0 Å². The highest BCUT2D eigenvalue weighted by Crippen LogP contribution is 2.42. The van der Waals surface area contributed by atoms with E-state index in [1.807, 2.05) is 44.2 Å². The smallest absolute Gasteiger partial charge is 0.258 e. The highest BCUT2D eigenvalue weighted by molar-refractivity contribution is 7.86. The molecule has 0 aliphatic carbocycles. The van der Waals surface area contributed by atoms with Crippen LogP contribution in [0.15, 0.2) is 42.6 Å². The molecule has 0 radical (unpaired) electrons. The Morgan fingerprint density at radius 3 is 2.64 bits per heavy atom. The van der Waals surface area contributed by atoms with Crippen molar-refractivity contribution in [3.05, 3.63) is 53.2 Å². The van der Waals surface area contributed by atoms with Gasteiger partial charge in [-0.3, -0.25) is 0 Å². The number of thiazole rings is 1. The molecule has 2 N–H and O–H groups in total. The number of aromatic nitrogens is 3. The lowest BCUT2D eigenvalue weighted by atomic mass is 10.0. The molecular weight excluding hydrogens is 544 g/mol. The fourth-order valence-corrected chi connectivity index (χ4v) is 6.18. The highest BCUT2D eigenvalue weighted by atomic mass is 32.2. The van der Waals surface area contributed by atoms with E-state index in [4.69, 9.17) is 14.5 Å². The van der Waals surface area contributed by atoms with Crippen LogP contribution in [0.4, 0.5) is 20.4 Å². The lowest BCUT2D eigenvalue weighted by molar-refractivity contribution is 0.0484. The number of hydrogen-bond acceptors (Lipinski definition) is 8. The normalized spacial score (nSPS) is 15.3. The third-order valence-corrected chi connectivity index (χ3v) is 8.32. The molecule has 8 nitrogen and oxygen atoms in total. The van der Waals surface area contributed by atoms with Crippen LogP contribution in [0.1, 0.15) is 30.3 Å². The Kier molecular flexibility index (Phi) is 8.06. The van der Waals surface area contributed by atoms with Crippen LogP contribution < -0.4 is 14.8 Å². The predicted octanol–water partition coefficient (Wildman–Crippen LogP) is 6.48. The summed E-state index contributed by atoms with van der Waals surface area (Å²) in [5.74, 6) is -2.31. The third kappa shape index (κ3) is 6.68. The number of alkyl halides is 2. The van der Waals surface area contributed by atoms with Crippen molar-refractivity contribution in [1.82, 2.24) is 15.0 Å². The second-order valence-electron chi connectivity index (χ2n) is 9.54. The largest absolute Gasteiger partial charge is 0.437 e. The van der Waals surface area contributed by atoms with E-state index in [-0.39, 0.29) is 6.04 Å². The molecule has 1 unspecified atom stereocenters. The van der Waals surface area contributed by atoms with Gasteiger partial charge in [0.1, 0.15) is 27.4 Å². The molecule has 0 saturated carbocycles. The van der Waals surface area contributed by atoms with Crippen molar-refractivity contribution in [1.29, 1.82) is 0 Å². The monoisotopic (exact) mass is 573 g/mol. The van der Waals surface area contributed by atoms with Gasteiger partial charge in [-0.15, -0.1) is 11.3 Å². The maximum atomic E-state index is 13.4. The summed E-state index contributed by atoms with van der Waals surface area (Å²) in [7, 11) is -1.96. The van der Waals surface area contributed by atoms with Gasteiger partial charge in [-0.1, -0.05) is 24.3 Å². The number of hydrogen-bond donors (Lipinski definition) is 2. The molecule has 1 aliphatic rings. The summed E-state index contributed by atoms with van der Waals surface area (Å²) in [5.41, 5.74) is 1.92. The van der Waals surface area contributed by atoms with Crippen molar-refractivity contribution in [2.24, 2.45) is 0 Å². The fraction of sp³-hybridized carbons (Fsp3) is 0.370. The van der Waals surface area contributed by atoms with Crippen LogP contribution in [0.2, 0.25) is 0 Å². The maximum absolute atomic E-state index is 13.4. The first-order valence-corrected chi connectivity index (χ1v) is 14.7. The molecule has 0 bridgehead atoms. The third-order valence-electron chi connectivity index (χ3n) is 6.13. The van der Waals surface area contributed by atoms with Crippen LogP contribution in [0.5, 0.6) is 11.6 Å². The van der Waals surface area contributed by atoms with Crippen molar-refractivity contribution in [3.63, 3.8) is 0 Å². The van der Waals surface area contributed by atoms with Crippen LogP contribution in [0, 0.1) is 13.8 Å². The van der Waals surface area contributed by atoms with Gasteiger partial charge in [-0.25, -0.2) is 27.9 Å². The van der Waals surface area contributed by atoms with Crippen LogP contribution in [0.25, 0.3) is 21.3 Å².